The molecule has 0 amide bonds. The summed E-state index contributed by atoms with van der Waals surface area (Å²) in [5.41, 5.74) is 1.41. The smallest absolute Gasteiger partial charge is 0.308 e. The molecule has 0 aliphatic rings. The summed E-state index contributed by atoms with van der Waals surface area (Å²) in [6.45, 7) is 7.14. The van der Waals surface area contributed by atoms with Crippen molar-refractivity contribution in [2.45, 2.75) is 27.2 Å². The number of nitrogens with zero attached hydrogens (tertiary/aromatic N) is 2. The maximum absolute atomic E-state index is 11.1. The summed E-state index contributed by atoms with van der Waals surface area (Å²) in [5.74, 6) is -0.741. The van der Waals surface area contributed by atoms with Crippen molar-refractivity contribution in [2.75, 3.05) is 18.0 Å². The van der Waals surface area contributed by atoms with E-state index in [4.69, 9.17) is 5.11 Å². The molecular formula is C16H22N2O2. The molecule has 1 unspecified atom stereocenters. The van der Waals surface area contributed by atoms with Crippen LogP contribution in [-0.2, 0) is 4.79 Å². The van der Waals surface area contributed by atoms with E-state index in [1.165, 1.54) is 0 Å². The van der Waals surface area contributed by atoms with E-state index in [0.717, 1.165) is 18.7 Å². The molecule has 1 atom stereocenters. The SMILES string of the molecule is CC(C)CCN(CC(C)C(=O)O)c1ccccc1C#N. The van der Waals surface area contributed by atoms with Gasteiger partial charge in [0, 0.05) is 13.1 Å². The Labute approximate surface area is 120 Å². The second-order valence-corrected chi connectivity index (χ2v) is 5.50. The molecule has 0 saturated carbocycles. The van der Waals surface area contributed by atoms with Gasteiger partial charge >= 0.3 is 5.97 Å². The highest BCUT2D eigenvalue weighted by Crippen LogP contribution is 2.22. The number of aliphatic carboxylic acids is 1. The average Bonchev–Trinajstić information content (AvgIpc) is 2.42. The molecule has 0 saturated heterocycles. The minimum atomic E-state index is -0.811. The van der Waals surface area contributed by atoms with Crippen molar-refractivity contribution < 1.29 is 9.90 Å². The lowest BCUT2D eigenvalue weighted by Crippen LogP contribution is -2.33. The summed E-state index contributed by atoms with van der Waals surface area (Å²) in [6, 6.07) is 9.53. The van der Waals surface area contributed by atoms with Gasteiger partial charge in [0.15, 0.2) is 0 Å². The molecule has 0 spiro atoms. The Bertz CT molecular complexity index is 491. The summed E-state index contributed by atoms with van der Waals surface area (Å²) in [4.78, 5) is 13.1. The lowest BCUT2D eigenvalue weighted by molar-refractivity contribution is -0.140. The van der Waals surface area contributed by atoms with Crippen LogP contribution in [0.25, 0.3) is 0 Å². The molecular weight excluding hydrogens is 252 g/mol. The molecule has 0 aromatic heterocycles. The van der Waals surface area contributed by atoms with Gasteiger partial charge < -0.3 is 10.0 Å². The van der Waals surface area contributed by atoms with Crippen LogP contribution in [0.3, 0.4) is 0 Å². The van der Waals surface area contributed by atoms with Gasteiger partial charge in [-0.1, -0.05) is 32.9 Å². The first-order valence-corrected chi connectivity index (χ1v) is 6.92. The second kappa shape index (κ2) is 7.54. The molecule has 20 heavy (non-hydrogen) atoms. The number of para-hydroxylation sites is 1. The highest BCUT2D eigenvalue weighted by molar-refractivity contribution is 5.71. The van der Waals surface area contributed by atoms with E-state index in [-0.39, 0.29) is 0 Å². The normalized spacial score (nSPS) is 11.9. The monoisotopic (exact) mass is 274 g/mol. The molecule has 0 fully saturated rings. The fourth-order valence-electron chi connectivity index (χ4n) is 1.98. The average molecular weight is 274 g/mol. The third-order valence-corrected chi connectivity index (χ3v) is 3.26. The van der Waals surface area contributed by atoms with Crippen molar-refractivity contribution in [1.82, 2.24) is 0 Å². The number of carboxylic acid groups (broad SMARTS) is 1. The number of nitriles is 1. The van der Waals surface area contributed by atoms with Crippen LogP contribution >= 0.6 is 0 Å². The highest BCUT2D eigenvalue weighted by Gasteiger charge is 2.18. The van der Waals surface area contributed by atoms with Crippen molar-refractivity contribution in [2.24, 2.45) is 11.8 Å². The van der Waals surface area contributed by atoms with Crippen LogP contribution in [0, 0.1) is 23.2 Å². The summed E-state index contributed by atoms with van der Waals surface area (Å²) in [6.07, 6.45) is 0.964. The van der Waals surface area contributed by atoms with Crippen LogP contribution in [0.4, 0.5) is 5.69 Å². The van der Waals surface area contributed by atoms with Crippen molar-refractivity contribution in [3.05, 3.63) is 29.8 Å². The topological polar surface area (TPSA) is 64.3 Å². The van der Waals surface area contributed by atoms with Gasteiger partial charge in [0.1, 0.15) is 6.07 Å². The number of hydrogen-bond donors (Lipinski definition) is 1. The van der Waals surface area contributed by atoms with Crippen molar-refractivity contribution in [3.8, 4) is 6.07 Å². The molecule has 0 heterocycles. The Morgan fingerprint density at radius 3 is 2.55 bits per heavy atom. The first-order valence-electron chi connectivity index (χ1n) is 6.92. The molecule has 4 nitrogen and oxygen atoms in total. The zero-order chi connectivity index (χ0) is 15.1. The maximum atomic E-state index is 11.1. The zero-order valence-electron chi connectivity index (χ0n) is 12.3. The Morgan fingerprint density at radius 1 is 1.35 bits per heavy atom. The molecule has 1 aromatic carbocycles. The van der Waals surface area contributed by atoms with Gasteiger partial charge in [-0.05, 0) is 24.5 Å². The molecule has 0 radical (unpaired) electrons. The number of hydrogen-bond acceptors (Lipinski definition) is 3. The Morgan fingerprint density at radius 2 is 2.00 bits per heavy atom. The first kappa shape index (κ1) is 16.0. The molecule has 0 aliphatic carbocycles. The van der Waals surface area contributed by atoms with Crippen molar-refractivity contribution in [3.63, 3.8) is 0 Å². The third kappa shape index (κ3) is 4.58. The minimum absolute atomic E-state index is 0.417. The summed E-state index contributed by atoms with van der Waals surface area (Å²) >= 11 is 0. The number of anilines is 1. The molecule has 1 aromatic rings. The molecule has 0 bridgehead atoms. The van der Waals surface area contributed by atoms with Crippen LogP contribution in [-0.4, -0.2) is 24.2 Å². The number of carbonyl (C=O) groups is 1. The quantitative estimate of drug-likeness (QED) is 0.829. The van der Waals surface area contributed by atoms with Gasteiger partial charge in [-0.3, -0.25) is 4.79 Å². The Hall–Kier alpha value is -2.02. The predicted octanol–water partition coefficient (Wildman–Crippen LogP) is 3.13. The van der Waals surface area contributed by atoms with Crippen LogP contribution in [0.5, 0.6) is 0 Å². The maximum Gasteiger partial charge on any atom is 0.308 e. The first-order chi connectivity index (χ1) is 9.45. The number of carboxylic acids is 1. The van der Waals surface area contributed by atoms with E-state index >= 15 is 0 Å². The summed E-state index contributed by atoms with van der Waals surface area (Å²) < 4.78 is 0. The summed E-state index contributed by atoms with van der Waals surface area (Å²) in [7, 11) is 0. The van der Waals surface area contributed by atoms with Crippen LogP contribution in [0.2, 0.25) is 0 Å². The molecule has 4 heteroatoms. The van der Waals surface area contributed by atoms with Gasteiger partial charge in [-0.25, -0.2) is 0 Å². The molecule has 108 valence electrons. The van der Waals surface area contributed by atoms with Gasteiger partial charge in [0.25, 0.3) is 0 Å². The Balaban J connectivity index is 2.97. The highest BCUT2D eigenvalue weighted by atomic mass is 16.4. The predicted molar refractivity (Wildman–Crippen MR) is 79.6 cm³/mol. The van der Waals surface area contributed by atoms with E-state index in [2.05, 4.69) is 19.9 Å². The standard InChI is InChI=1S/C16H22N2O2/c1-12(2)8-9-18(11-13(3)16(19)20)15-7-5-4-6-14(15)10-17/h4-7,12-13H,8-9,11H2,1-3H3,(H,19,20). The Kier molecular flexibility index (Phi) is 6.05. The number of rotatable bonds is 7. The van der Waals surface area contributed by atoms with Crippen LogP contribution in [0.15, 0.2) is 24.3 Å². The van der Waals surface area contributed by atoms with Crippen LogP contribution in [0.1, 0.15) is 32.8 Å². The van der Waals surface area contributed by atoms with E-state index in [9.17, 15) is 10.1 Å². The van der Waals surface area contributed by atoms with Crippen molar-refractivity contribution in [1.29, 1.82) is 5.26 Å². The molecule has 1 rings (SSSR count). The molecule has 0 aliphatic heterocycles. The number of benzene rings is 1. The van der Waals surface area contributed by atoms with Gasteiger partial charge in [-0.2, -0.15) is 5.26 Å². The van der Waals surface area contributed by atoms with Gasteiger partial charge in [0.2, 0.25) is 0 Å². The van der Waals surface area contributed by atoms with Gasteiger partial charge in [0.05, 0.1) is 17.2 Å². The fourth-order valence-corrected chi connectivity index (χ4v) is 1.98. The van der Waals surface area contributed by atoms with Crippen molar-refractivity contribution >= 4 is 11.7 Å². The zero-order valence-corrected chi connectivity index (χ0v) is 12.3. The minimum Gasteiger partial charge on any atom is -0.481 e. The van der Waals surface area contributed by atoms with E-state index in [1.54, 1.807) is 13.0 Å². The third-order valence-electron chi connectivity index (χ3n) is 3.26. The molecule has 1 N–H and O–H groups in total. The summed E-state index contributed by atoms with van der Waals surface area (Å²) in [5, 5.41) is 18.3. The van der Waals surface area contributed by atoms with Crippen LogP contribution < -0.4 is 4.90 Å². The lowest BCUT2D eigenvalue weighted by atomic mass is 10.1. The lowest BCUT2D eigenvalue weighted by Gasteiger charge is -2.28. The second-order valence-electron chi connectivity index (χ2n) is 5.50. The van der Waals surface area contributed by atoms with Gasteiger partial charge in [-0.15, -0.1) is 0 Å². The largest absolute Gasteiger partial charge is 0.481 e. The van der Waals surface area contributed by atoms with E-state index in [1.807, 2.05) is 23.1 Å². The fraction of sp³-hybridized carbons (Fsp3) is 0.500. The van der Waals surface area contributed by atoms with E-state index < -0.39 is 11.9 Å². The van der Waals surface area contributed by atoms with E-state index in [0.29, 0.717) is 18.0 Å².